The maximum atomic E-state index is 12.2. The van der Waals surface area contributed by atoms with Crippen LogP contribution in [0.15, 0.2) is 18.2 Å². The van der Waals surface area contributed by atoms with Gasteiger partial charge in [0.05, 0.1) is 10.6 Å². The number of benzene rings is 1. The molecule has 0 aromatic heterocycles. The molecule has 4 nitrogen and oxygen atoms in total. The molecule has 118 valence electrons. The van der Waals surface area contributed by atoms with Gasteiger partial charge in [-0.05, 0) is 62.3 Å². The van der Waals surface area contributed by atoms with E-state index in [-0.39, 0.29) is 5.91 Å². The summed E-state index contributed by atoms with van der Waals surface area (Å²) in [7, 11) is 0. The molecule has 22 heavy (non-hydrogen) atoms. The van der Waals surface area contributed by atoms with E-state index in [0.29, 0.717) is 32.7 Å². The monoisotopic (exact) mass is 357 g/mol. The smallest absolute Gasteiger partial charge is 0.258 e. The number of carbonyl (C=O) groups excluding carboxylic acids is 1. The average molecular weight is 358 g/mol. The maximum Gasteiger partial charge on any atom is 0.258 e. The van der Waals surface area contributed by atoms with Crippen molar-refractivity contribution in [2.24, 2.45) is 5.92 Å². The highest BCUT2D eigenvalue weighted by Crippen LogP contribution is 2.27. The summed E-state index contributed by atoms with van der Waals surface area (Å²) in [6, 6.07) is 5.08. The van der Waals surface area contributed by atoms with E-state index in [2.05, 4.69) is 15.5 Å². The number of halogens is 2. The summed E-state index contributed by atoms with van der Waals surface area (Å²) in [5.74, 6) is 0.319. The van der Waals surface area contributed by atoms with Gasteiger partial charge in [-0.25, -0.2) is 0 Å². The van der Waals surface area contributed by atoms with Gasteiger partial charge in [0.15, 0.2) is 5.11 Å². The predicted molar refractivity (Wildman–Crippen MR) is 92.6 cm³/mol. The number of amides is 1. The van der Waals surface area contributed by atoms with Crippen LogP contribution in [0.4, 0.5) is 0 Å². The molecule has 4 rings (SSSR count). The molecule has 0 saturated carbocycles. The molecule has 0 radical (unpaired) electrons. The molecule has 2 N–H and O–H groups in total. The summed E-state index contributed by atoms with van der Waals surface area (Å²) in [4.78, 5) is 14.6. The molecule has 1 aromatic rings. The molecule has 0 spiro atoms. The zero-order valence-electron chi connectivity index (χ0n) is 11.9. The van der Waals surface area contributed by atoms with E-state index in [0.717, 1.165) is 6.54 Å². The first-order valence-corrected chi connectivity index (χ1v) is 8.48. The first kappa shape index (κ1) is 16.0. The third-order valence-corrected chi connectivity index (χ3v) is 5.14. The first-order chi connectivity index (χ1) is 10.5. The Morgan fingerprint density at radius 3 is 2.59 bits per heavy atom. The van der Waals surface area contributed by atoms with E-state index in [4.69, 9.17) is 35.4 Å². The zero-order chi connectivity index (χ0) is 15.7. The van der Waals surface area contributed by atoms with Crippen molar-refractivity contribution in [1.82, 2.24) is 15.5 Å². The minimum Gasteiger partial charge on any atom is -0.358 e. The number of fused-ring (bicyclic) bond motifs is 3. The van der Waals surface area contributed by atoms with Crippen molar-refractivity contribution < 1.29 is 4.79 Å². The van der Waals surface area contributed by atoms with Crippen LogP contribution in [-0.2, 0) is 0 Å². The van der Waals surface area contributed by atoms with Gasteiger partial charge in [-0.15, -0.1) is 0 Å². The van der Waals surface area contributed by atoms with Crippen LogP contribution in [-0.4, -0.2) is 41.6 Å². The summed E-state index contributed by atoms with van der Waals surface area (Å²) >= 11 is 17.1. The second-order valence-corrected chi connectivity index (χ2v) is 7.05. The lowest BCUT2D eigenvalue weighted by Gasteiger charge is -2.45. The van der Waals surface area contributed by atoms with Crippen LogP contribution in [0.5, 0.6) is 0 Å². The fourth-order valence-electron chi connectivity index (χ4n) is 3.18. The van der Waals surface area contributed by atoms with Gasteiger partial charge < -0.3 is 10.2 Å². The number of nitrogens with zero attached hydrogens (tertiary/aromatic N) is 1. The Labute approximate surface area is 145 Å². The maximum absolute atomic E-state index is 12.2. The largest absolute Gasteiger partial charge is 0.358 e. The highest BCUT2D eigenvalue weighted by atomic mass is 35.5. The molecule has 3 fully saturated rings. The number of thiocarbonyl (C=S) groups is 1. The Hall–Kier alpha value is -0.880. The summed E-state index contributed by atoms with van der Waals surface area (Å²) < 4.78 is 0. The highest BCUT2D eigenvalue weighted by molar-refractivity contribution is 7.80. The lowest BCUT2D eigenvalue weighted by molar-refractivity contribution is 0.0807. The number of nitrogens with one attached hydrogen (secondary N) is 2. The predicted octanol–water partition coefficient (Wildman–Crippen LogP) is 2.69. The van der Waals surface area contributed by atoms with Crippen LogP contribution in [0.3, 0.4) is 0 Å². The van der Waals surface area contributed by atoms with Crippen molar-refractivity contribution in [3.8, 4) is 0 Å². The average Bonchev–Trinajstić information content (AvgIpc) is 2.48. The lowest BCUT2D eigenvalue weighted by Crippen LogP contribution is -2.59. The Morgan fingerprint density at radius 1 is 1.27 bits per heavy atom. The molecule has 1 atom stereocenters. The molecule has 3 saturated heterocycles. The molecular weight excluding hydrogens is 341 g/mol. The van der Waals surface area contributed by atoms with Crippen molar-refractivity contribution >= 4 is 46.4 Å². The fraction of sp³-hybridized carbons (Fsp3) is 0.467. The third kappa shape index (κ3) is 3.54. The van der Waals surface area contributed by atoms with E-state index >= 15 is 0 Å². The van der Waals surface area contributed by atoms with Crippen LogP contribution in [0.1, 0.15) is 23.2 Å². The van der Waals surface area contributed by atoms with Crippen LogP contribution in [0.25, 0.3) is 0 Å². The summed E-state index contributed by atoms with van der Waals surface area (Å²) in [6.07, 6.45) is 2.38. The van der Waals surface area contributed by atoms with Crippen LogP contribution < -0.4 is 10.6 Å². The van der Waals surface area contributed by atoms with Gasteiger partial charge >= 0.3 is 0 Å². The Morgan fingerprint density at radius 2 is 2.00 bits per heavy atom. The Kier molecular flexibility index (Phi) is 4.88. The van der Waals surface area contributed by atoms with Crippen molar-refractivity contribution in [3.05, 3.63) is 33.8 Å². The van der Waals surface area contributed by atoms with Crippen LogP contribution in [0, 0.1) is 5.92 Å². The molecule has 7 heteroatoms. The molecule has 2 bridgehead atoms. The second-order valence-electron chi connectivity index (χ2n) is 5.80. The van der Waals surface area contributed by atoms with Gasteiger partial charge in [0.25, 0.3) is 5.91 Å². The van der Waals surface area contributed by atoms with Gasteiger partial charge in [-0.1, -0.05) is 23.2 Å². The zero-order valence-corrected chi connectivity index (χ0v) is 14.3. The van der Waals surface area contributed by atoms with Crippen LogP contribution >= 0.6 is 35.4 Å². The van der Waals surface area contributed by atoms with Gasteiger partial charge in [0.2, 0.25) is 0 Å². The third-order valence-electron chi connectivity index (χ3n) is 4.38. The minimum absolute atomic E-state index is 0.315. The lowest BCUT2D eigenvalue weighted by atomic mass is 9.84. The van der Waals surface area contributed by atoms with E-state index in [9.17, 15) is 4.79 Å². The van der Waals surface area contributed by atoms with Crippen molar-refractivity contribution in [2.75, 3.05) is 19.6 Å². The standard InChI is InChI=1S/C15H17Cl2N3OS/c16-10-1-2-11(12(17)7-10)14(21)19-15(22)18-13-8-20-5-3-9(13)4-6-20/h1-2,7,9,13H,3-6,8H2,(H2,18,19,21,22). The summed E-state index contributed by atoms with van der Waals surface area (Å²) in [5, 5.41) is 7.14. The van der Waals surface area contributed by atoms with E-state index in [1.165, 1.54) is 25.9 Å². The van der Waals surface area contributed by atoms with Crippen molar-refractivity contribution in [1.29, 1.82) is 0 Å². The molecule has 3 heterocycles. The number of hydrogen-bond acceptors (Lipinski definition) is 3. The molecule has 0 aliphatic carbocycles. The van der Waals surface area contributed by atoms with E-state index in [1.807, 2.05) is 0 Å². The summed E-state index contributed by atoms with van der Waals surface area (Å²) in [5.41, 5.74) is 0.365. The van der Waals surface area contributed by atoms with Crippen molar-refractivity contribution in [2.45, 2.75) is 18.9 Å². The quantitative estimate of drug-likeness (QED) is 0.798. The molecule has 1 unspecified atom stereocenters. The first-order valence-electron chi connectivity index (χ1n) is 7.32. The molecule has 1 amide bonds. The fourth-order valence-corrected chi connectivity index (χ4v) is 3.92. The Bertz CT molecular complexity index is 602. The normalized spacial score (nSPS) is 26.5. The molecule has 3 aliphatic rings. The number of piperidine rings is 3. The van der Waals surface area contributed by atoms with E-state index in [1.54, 1.807) is 18.2 Å². The van der Waals surface area contributed by atoms with Crippen molar-refractivity contribution in [3.63, 3.8) is 0 Å². The SMILES string of the molecule is O=C(NC(=S)NC1CN2CCC1CC2)c1ccc(Cl)cc1Cl. The van der Waals surface area contributed by atoms with Gasteiger partial charge in [-0.3, -0.25) is 10.1 Å². The summed E-state index contributed by atoms with van der Waals surface area (Å²) in [6.45, 7) is 3.33. The molecule has 1 aromatic carbocycles. The number of rotatable bonds is 2. The van der Waals surface area contributed by atoms with E-state index < -0.39 is 0 Å². The van der Waals surface area contributed by atoms with Gasteiger partial charge in [0, 0.05) is 17.6 Å². The Balaban J connectivity index is 1.58. The minimum atomic E-state index is -0.319. The number of hydrogen-bond donors (Lipinski definition) is 2. The topological polar surface area (TPSA) is 44.4 Å². The highest BCUT2D eigenvalue weighted by Gasteiger charge is 2.34. The van der Waals surface area contributed by atoms with Crippen LogP contribution in [0.2, 0.25) is 10.0 Å². The second kappa shape index (κ2) is 6.71. The van der Waals surface area contributed by atoms with Gasteiger partial charge in [0.1, 0.15) is 0 Å². The van der Waals surface area contributed by atoms with Gasteiger partial charge in [-0.2, -0.15) is 0 Å². The molecular formula is C15H17Cl2N3OS. The number of carbonyl (C=O) groups is 1. The molecule has 3 aliphatic heterocycles.